The molecule has 0 aromatic heterocycles. The molecular formula is C13H20N2O2. The van der Waals surface area contributed by atoms with Gasteiger partial charge in [0.05, 0.1) is 25.9 Å². The van der Waals surface area contributed by atoms with Crippen molar-refractivity contribution < 1.29 is 9.84 Å². The number of aliphatic hydroxyl groups is 1. The number of hydrogen-bond acceptors (Lipinski definition) is 4. The van der Waals surface area contributed by atoms with Gasteiger partial charge in [0.1, 0.15) is 0 Å². The van der Waals surface area contributed by atoms with Crippen LogP contribution in [0, 0.1) is 0 Å². The standard InChI is InChI=1S/C13H20N2O2/c14-13(10-16)12-3-1-11(2-4-12)9-15-5-7-17-8-6-15/h1-4,13,16H,5-10,14H2. The average molecular weight is 236 g/mol. The molecule has 1 aliphatic heterocycles. The van der Waals surface area contributed by atoms with Crippen molar-refractivity contribution in [3.8, 4) is 0 Å². The van der Waals surface area contributed by atoms with Gasteiger partial charge in [-0.25, -0.2) is 0 Å². The first kappa shape index (κ1) is 12.5. The minimum absolute atomic E-state index is 0.0111. The Bertz CT molecular complexity index is 334. The van der Waals surface area contributed by atoms with Crippen LogP contribution < -0.4 is 5.73 Å². The molecule has 0 spiro atoms. The molecule has 1 aliphatic rings. The summed E-state index contributed by atoms with van der Waals surface area (Å²) >= 11 is 0. The van der Waals surface area contributed by atoms with Gasteiger partial charge in [-0.05, 0) is 11.1 Å². The lowest BCUT2D eigenvalue weighted by atomic mass is 10.1. The molecule has 4 heteroatoms. The minimum atomic E-state index is -0.271. The Morgan fingerprint density at radius 2 is 1.88 bits per heavy atom. The molecule has 1 saturated heterocycles. The lowest BCUT2D eigenvalue weighted by molar-refractivity contribution is 0.0342. The van der Waals surface area contributed by atoms with E-state index in [0.29, 0.717) is 0 Å². The summed E-state index contributed by atoms with van der Waals surface area (Å²) in [6, 6.07) is 7.89. The lowest BCUT2D eigenvalue weighted by Crippen LogP contribution is -2.35. The number of morpholine rings is 1. The third-order valence-corrected chi connectivity index (χ3v) is 3.11. The van der Waals surface area contributed by atoms with Gasteiger partial charge in [0.2, 0.25) is 0 Å². The Labute approximate surface area is 102 Å². The minimum Gasteiger partial charge on any atom is -0.394 e. The molecule has 2 rings (SSSR count). The van der Waals surface area contributed by atoms with Crippen LogP contribution >= 0.6 is 0 Å². The topological polar surface area (TPSA) is 58.7 Å². The molecule has 1 heterocycles. The van der Waals surface area contributed by atoms with Crippen molar-refractivity contribution in [3.63, 3.8) is 0 Å². The fourth-order valence-corrected chi connectivity index (χ4v) is 1.99. The molecule has 4 nitrogen and oxygen atoms in total. The second-order valence-corrected chi connectivity index (χ2v) is 4.42. The summed E-state index contributed by atoms with van der Waals surface area (Å²) in [5.41, 5.74) is 8.01. The van der Waals surface area contributed by atoms with Gasteiger partial charge in [0.15, 0.2) is 0 Å². The van der Waals surface area contributed by atoms with E-state index in [0.717, 1.165) is 38.4 Å². The van der Waals surface area contributed by atoms with E-state index in [1.165, 1.54) is 5.56 Å². The van der Waals surface area contributed by atoms with Crippen LogP contribution in [0.2, 0.25) is 0 Å². The number of hydrogen-bond donors (Lipinski definition) is 2. The summed E-state index contributed by atoms with van der Waals surface area (Å²) < 4.78 is 5.32. The maximum Gasteiger partial charge on any atom is 0.0624 e. The van der Waals surface area contributed by atoms with Gasteiger partial charge in [-0.15, -0.1) is 0 Å². The number of aliphatic hydroxyl groups excluding tert-OH is 1. The molecule has 0 amide bonds. The van der Waals surface area contributed by atoms with E-state index in [1.807, 2.05) is 12.1 Å². The van der Waals surface area contributed by atoms with Gasteiger partial charge in [0.25, 0.3) is 0 Å². The monoisotopic (exact) mass is 236 g/mol. The van der Waals surface area contributed by atoms with Crippen LogP contribution in [0.1, 0.15) is 17.2 Å². The van der Waals surface area contributed by atoms with Gasteiger partial charge in [-0.3, -0.25) is 4.90 Å². The van der Waals surface area contributed by atoms with Crippen LogP contribution in [0.5, 0.6) is 0 Å². The number of nitrogens with two attached hydrogens (primary N) is 1. The molecule has 3 N–H and O–H groups in total. The highest BCUT2D eigenvalue weighted by Gasteiger charge is 2.11. The molecular weight excluding hydrogens is 216 g/mol. The molecule has 1 aromatic rings. The van der Waals surface area contributed by atoms with Crippen LogP contribution in [0.4, 0.5) is 0 Å². The highest BCUT2D eigenvalue weighted by Crippen LogP contribution is 2.13. The van der Waals surface area contributed by atoms with E-state index in [1.54, 1.807) is 0 Å². The van der Waals surface area contributed by atoms with Crippen molar-refractivity contribution >= 4 is 0 Å². The Morgan fingerprint density at radius 1 is 1.24 bits per heavy atom. The van der Waals surface area contributed by atoms with E-state index in [9.17, 15) is 0 Å². The SMILES string of the molecule is NC(CO)c1ccc(CN2CCOCC2)cc1. The Kier molecular flexibility index (Phi) is 4.50. The second-order valence-electron chi connectivity index (χ2n) is 4.42. The zero-order valence-electron chi connectivity index (χ0n) is 10.0. The molecule has 1 fully saturated rings. The number of rotatable bonds is 4. The fraction of sp³-hybridized carbons (Fsp3) is 0.538. The van der Waals surface area contributed by atoms with Crippen LogP contribution in [-0.2, 0) is 11.3 Å². The molecule has 1 unspecified atom stereocenters. The van der Waals surface area contributed by atoms with E-state index in [-0.39, 0.29) is 12.6 Å². The summed E-state index contributed by atoms with van der Waals surface area (Å²) in [4.78, 5) is 2.38. The molecule has 94 valence electrons. The zero-order chi connectivity index (χ0) is 12.1. The fourth-order valence-electron chi connectivity index (χ4n) is 1.99. The molecule has 0 saturated carbocycles. The summed E-state index contributed by atoms with van der Waals surface area (Å²) in [6.45, 7) is 4.59. The zero-order valence-corrected chi connectivity index (χ0v) is 10.0. The van der Waals surface area contributed by atoms with Gasteiger partial charge in [-0.1, -0.05) is 24.3 Å². The highest BCUT2D eigenvalue weighted by atomic mass is 16.5. The van der Waals surface area contributed by atoms with Gasteiger partial charge >= 0.3 is 0 Å². The Balaban J connectivity index is 1.93. The van der Waals surface area contributed by atoms with E-state index >= 15 is 0 Å². The van der Waals surface area contributed by atoms with Crippen molar-refractivity contribution in [2.45, 2.75) is 12.6 Å². The predicted octanol–water partition coefficient (Wildman–Crippen LogP) is 0.511. The van der Waals surface area contributed by atoms with Crippen LogP contribution in [-0.4, -0.2) is 42.9 Å². The van der Waals surface area contributed by atoms with E-state index < -0.39 is 0 Å². The lowest BCUT2D eigenvalue weighted by Gasteiger charge is -2.26. The molecule has 0 aliphatic carbocycles. The van der Waals surface area contributed by atoms with Crippen molar-refractivity contribution in [2.24, 2.45) is 5.73 Å². The van der Waals surface area contributed by atoms with Gasteiger partial charge in [0, 0.05) is 19.6 Å². The average Bonchev–Trinajstić information content (AvgIpc) is 2.40. The Hall–Kier alpha value is -0.940. The molecule has 1 aromatic carbocycles. The number of nitrogens with zero attached hydrogens (tertiary/aromatic N) is 1. The summed E-state index contributed by atoms with van der Waals surface area (Å²) in [5, 5.41) is 8.97. The quantitative estimate of drug-likeness (QED) is 0.800. The summed E-state index contributed by atoms with van der Waals surface area (Å²) in [6.07, 6.45) is 0. The number of benzene rings is 1. The van der Waals surface area contributed by atoms with E-state index in [2.05, 4.69) is 17.0 Å². The first-order valence-electron chi connectivity index (χ1n) is 6.05. The summed E-state index contributed by atoms with van der Waals surface area (Å²) in [5.74, 6) is 0. The third kappa shape index (κ3) is 3.51. The smallest absolute Gasteiger partial charge is 0.0624 e. The second kappa shape index (κ2) is 6.12. The van der Waals surface area contributed by atoms with Crippen molar-refractivity contribution in [1.82, 2.24) is 4.90 Å². The molecule has 17 heavy (non-hydrogen) atoms. The van der Waals surface area contributed by atoms with Crippen LogP contribution in [0.3, 0.4) is 0 Å². The summed E-state index contributed by atoms with van der Waals surface area (Å²) in [7, 11) is 0. The normalized spacial score (nSPS) is 19.2. The Morgan fingerprint density at radius 3 is 2.47 bits per heavy atom. The first-order chi connectivity index (χ1) is 8.29. The maximum atomic E-state index is 8.97. The molecule has 0 bridgehead atoms. The van der Waals surface area contributed by atoms with Crippen LogP contribution in [0.25, 0.3) is 0 Å². The van der Waals surface area contributed by atoms with Crippen molar-refractivity contribution in [2.75, 3.05) is 32.9 Å². The van der Waals surface area contributed by atoms with Gasteiger partial charge in [-0.2, -0.15) is 0 Å². The van der Waals surface area contributed by atoms with E-state index in [4.69, 9.17) is 15.6 Å². The first-order valence-corrected chi connectivity index (χ1v) is 6.05. The highest BCUT2D eigenvalue weighted by molar-refractivity contribution is 5.24. The van der Waals surface area contributed by atoms with Crippen molar-refractivity contribution in [3.05, 3.63) is 35.4 Å². The molecule has 0 radical (unpaired) electrons. The predicted molar refractivity (Wildman–Crippen MR) is 66.6 cm³/mol. The number of ether oxygens (including phenoxy) is 1. The largest absolute Gasteiger partial charge is 0.394 e. The maximum absolute atomic E-state index is 8.97. The molecule has 1 atom stereocenters. The third-order valence-electron chi connectivity index (χ3n) is 3.11. The van der Waals surface area contributed by atoms with Crippen LogP contribution in [0.15, 0.2) is 24.3 Å². The van der Waals surface area contributed by atoms with Gasteiger partial charge < -0.3 is 15.6 Å². The van der Waals surface area contributed by atoms with Crippen molar-refractivity contribution in [1.29, 1.82) is 0 Å².